The van der Waals surface area contributed by atoms with Gasteiger partial charge in [0, 0.05) is 17.3 Å². The molecule has 5 heteroatoms. The van der Waals surface area contributed by atoms with Crippen molar-refractivity contribution in [2.75, 3.05) is 10.6 Å². The molecule has 2 N–H and O–H groups in total. The summed E-state index contributed by atoms with van der Waals surface area (Å²) in [6.45, 7) is 4.00. The molecule has 1 aromatic heterocycles. The maximum absolute atomic E-state index is 12.0. The number of anilines is 2. The summed E-state index contributed by atoms with van der Waals surface area (Å²) in [7, 11) is 0. The predicted octanol–water partition coefficient (Wildman–Crippen LogP) is 3.91. The van der Waals surface area contributed by atoms with Crippen molar-refractivity contribution in [1.82, 2.24) is 0 Å². The van der Waals surface area contributed by atoms with Crippen LogP contribution in [0.5, 0.6) is 0 Å². The fourth-order valence-corrected chi connectivity index (χ4v) is 2.14. The fourth-order valence-electron chi connectivity index (χ4n) is 2.14. The number of rotatable bonds is 6. The third-order valence-electron chi connectivity index (χ3n) is 3.51. The van der Waals surface area contributed by atoms with E-state index in [-0.39, 0.29) is 23.5 Å². The van der Waals surface area contributed by atoms with Gasteiger partial charge in [-0.2, -0.15) is 0 Å². The van der Waals surface area contributed by atoms with E-state index >= 15 is 0 Å². The van der Waals surface area contributed by atoms with Crippen LogP contribution in [0.15, 0.2) is 47.1 Å². The van der Waals surface area contributed by atoms with Crippen molar-refractivity contribution in [2.45, 2.75) is 26.7 Å². The standard InChI is InChI=1S/C17H20N2O3/c1-3-12(4-2)16(20)18-13-7-9-14(10-8-13)19-17(21)15-6-5-11-22-15/h5-12H,3-4H2,1-2H3,(H,18,20)(H,19,21). The molecule has 2 rings (SSSR count). The molecule has 0 saturated heterocycles. The quantitative estimate of drug-likeness (QED) is 0.849. The maximum atomic E-state index is 12.0. The Kier molecular flexibility index (Phi) is 5.36. The second-order valence-corrected chi connectivity index (χ2v) is 5.01. The van der Waals surface area contributed by atoms with E-state index in [1.54, 1.807) is 36.4 Å². The van der Waals surface area contributed by atoms with Crippen molar-refractivity contribution >= 4 is 23.2 Å². The summed E-state index contributed by atoms with van der Waals surface area (Å²) in [5, 5.41) is 5.61. The van der Waals surface area contributed by atoms with Gasteiger partial charge in [-0.05, 0) is 49.2 Å². The summed E-state index contributed by atoms with van der Waals surface area (Å²) < 4.78 is 5.03. The van der Waals surface area contributed by atoms with Gasteiger partial charge in [-0.15, -0.1) is 0 Å². The van der Waals surface area contributed by atoms with Gasteiger partial charge in [-0.25, -0.2) is 0 Å². The van der Waals surface area contributed by atoms with Gasteiger partial charge in [-0.3, -0.25) is 9.59 Å². The number of hydrogen-bond donors (Lipinski definition) is 2. The maximum Gasteiger partial charge on any atom is 0.291 e. The summed E-state index contributed by atoms with van der Waals surface area (Å²) in [6, 6.07) is 10.3. The highest BCUT2D eigenvalue weighted by atomic mass is 16.3. The van der Waals surface area contributed by atoms with E-state index in [1.165, 1.54) is 6.26 Å². The monoisotopic (exact) mass is 300 g/mol. The van der Waals surface area contributed by atoms with E-state index in [4.69, 9.17) is 4.42 Å². The van der Waals surface area contributed by atoms with Crippen molar-refractivity contribution < 1.29 is 14.0 Å². The molecular formula is C17H20N2O3. The highest BCUT2D eigenvalue weighted by Gasteiger charge is 2.14. The molecule has 0 radical (unpaired) electrons. The molecule has 0 aliphatic rings. The normalized spacial score (nSPS) is 10.5. The number of furan rings is 1. The van der Waals surface area contributed by atoms with Crippen LogP contribution in [0.4, 0.5) is 11.4 Å². The minimum Gasteiger partial charge on any atom is -0.459 e. The Morgan fingerprint density at radius 2 is 1.59 bits per heavy atom. The second kappa shape index (κ2) is 7.45. The van der Waals surface area contributed by atoms with Gasteiger partial charge in [0.1, 0.15) is 0 Å². The molecule has 116 valence electrons. The minimum atomic E-state index is -0.307. The highest BCUT2D eigenvalue weighted by Crippen LogP contribution is 2.17. The molecular weight excluding hydrogens is 280 g/mol. The van der Waals surface area contributed by atoms with E-state index in [0.29, 0.717) is 11.4 Å². The number of hydrogen-bond acceptors (Lipinski definition) is 3. The third kappa shape index (κ3) is 3.97. The van der Waals surface area contributed by atoms with Crippen LogP contribution in [0.2, 0.25) is 0 Å². The lowest BCUT2D eigenvalue weighted by Gasteiger charge is -2.13. The zero-order valence-corrected chi connectivity index (χ0v) is 12.8. The molecule has 5 nitrogen and oxygen atoms in total. The first kappa shape index (κ1) is 15.8. The third-order valence-corrected chi connectivity index (χ3v) is 3.51. The van der Waals surface area contributed by atoms with Crippen molar-refractivity contribution in [1.29, 1.82) is 0 Å². The minimum absolute atomic E-state index is 0.0253. The average molecular weight is 300 g/mol. The smallest absolute Gasteiger partial charge is 0.291 e. The Morgan fingerprint density at radius 1 is 1.00 bits per heavy atom. The van der Waals surface area contributed by atoms with Crippen LogP contribution in [0.25, 0.3) is 0 Å². The van der Waals surface area contributed by atoms with Gasteiger partial charge in [0.25, 0.3) is 5.91 Å². The lowest BCUT2D eigenvalue weighted by atomic mass is 10.0. The molecule has 0 atom stereocenters. The van der Waals surface area contributed by atoms with Crippen LogP contribution in [0.1, 0.15) is 37.2 Å². The summed E-state index contributed by atoms with van der Waals surface area (Å²) >= 11 is 0. The van der Waals surface area contributed by atoms with E-state index in [1.807, 2.05) is 13.8 Å². The van der Waals surface area contributed by atoms with Gasteiger partial charge in [0.15, 0.2) is 5.76 Å². The van der Waals surface area contributed by atoms with E-state index in [9.17, 15) is 9.59 Å². The van der Waals surface area contributed by atoms with Crippen LogP contribution < -0.4 is 10.6 Å². The fraction of sp³-hybridized carbons (Fsp3) is 0.294. The first-order valence-electron chi connectivity index (χ1n) is 7.39. The topological polar surface area (TPSA) is 71.3 Å². The molecule has 0 fully saturated rings. The highest BCUT2D eigenvalue weighted by molar-refractivity contribution is 6.02. The molecule has 0 spiro atoms. The zero-order valence-electron chi connectivity index (χ0n) is 12.8. The summed E-state index contributed by atoms with van der Waals surface area (Å²) in [5.74, 6) is 0.000585. The Hall–Kier alpha value is -2.56. The van der Waals surface area contributed by atoms with Crippen LogP contribution in [-0.2, 0) is 4.79 Å². The van der Waals surface area contributed by atoms with Gasteiger partial charge in [-0.1, -0.05) is 13.8 Å². The molecule has 2 aromatic rings. The van der Waals surface area contributed by atoms with E-state index in [2.05, 4.69) is 10.6 Å². The van der Waals surface area contributed by atoms with E-state index in [0.717, 1.165) is 12.8 Å². The Morgan fingerprint density at radius 3 is 2.09 bits per heavy atom. The molecule has 0 saturated carbocycles. The van der Waals surface area contributed by atoms with Crippen molar-refractivity contribution in [2.24, 2.45) is 5.92 Å². The molecule has 1 heterocycles. The number of nitrogens with one attached hydrogen (secondary N) is 2. The van der Waals surface area contributed by atoms with Crippen molar-refractivity contribution in [3.05, 3.63) is 48.4 Å². The van der Waals surface area contributed by atoms with Gasteiger partial charge in [0.05, 0.1) is 6.26 Å². The number of carbonyl (C=O) groups excluding carboxylic acids is 2. The van der Waals surface area contributed by atoms with Gasteiger partial charge >= 0.3 is 0 Å². The van der Waals surface area contributed by atoms with Crippen LogP contribution in [-0.4, -0.2) is 11.8 Å². The number of benzene rings is 1. The van der Waals surface area contributed by atoms with Crippen LogP contribution in [0.3, 0.4) is 0 Å². The lowest BCUT2D eigenvalue weighted by Crippen LogP contribution is -2.21. The molecule has 22 heavy (non-hydrogen) atoms. The lowest BCUT2D eigenvalue weighted by molar-refractivity contribution is -0.120. The van der Waals surface area contributed by atoms with Crippen LogP contribution >= 0.6 is 0 Å². The SMILES string of the molecule is CCC(CC)C(=O)Nc1ccc(NC(=O)c2ccco2)cc1. The number of amides is 2. The number of carbonyl (C=O) groups is 2. The van der Waals surface area contributed by atoms with E-state index < -0.39 is 0 Å². The molecule has 2 amide bonds. The first-order chi connectivity index (χ1) is 10.6. The average Bonchev–Trinajstić information content (AvgIpc) is 3.05. The van der Waals surface area contributed by atoms with Crippen molar-refractivity contribution in [3.63, 3.8) is 0 Å². The molecule has 0 bridgehead atoms. The van der Waals surface area contributed by atoms with Gasteiger partial charge in [0.2, 0.25) is 5.91 Å². The first-order valence-corrected chi connectivity index (χ1v) is 7.39. The molecule has 0 aliphatic heterocycles. The second-order valence-electron chi connectivity index (χ2n) is 5.01. The Balaban J connectivity index is 1.95. The van der Waals surface area contributed by atoms with Crippen LogP contribution in [0, 0.1) is 5.92 Å². The molecule has 0 aliphatic carbocycles. The Labute approximate surface area is 129 Å². The summed E-state index contributed by atoms with van der Waals surface area (Å²) in [4.78, 5) is 23.8. The summed E-state index contributed by atoms with van der Waals surface area (Å²) in [6.07, 6.45) is 3.09. The zero-order chi connectivity index (χ0) is 15.9. The predicted molar refractivity (Wildman–Crippen MR) is 85.8 cm³/mol. The van der Waals surface area contributed by atoms with Crippen molar-refractivity contribution in [3.8, 4) is 0 Å². The Bertz CT molecular complexity index is 614. The molecule has 1 aromatic carbocycles. The van der Waals surface area contributed by atoms with Gasteiger partial charge < -0.3 is 15.1 Å². The largest absolute Gasteiger partial charge is 0.459 e. The molecule has 0 unspecified atom stereocenters. The summed E-state index contributed by atoms with van der Waals surface area (Å²) in [5.41, 5.74) is 1.36.